The standard InChI is InChI=1S/C22H22N4OS2/c27-20(11-12-21-24-16-7-1-3-9-18(16)28-21)23-15-6-5-13-26(14-15)22-25-17-8-2-4-10-19(17)29-22/h1-4,7-10,15H,5-6,11-14H2,(H,23,27)/t15-/m0/s1. The summed E-state index contributed by atoms with van der Waals surface area (Å²) in [5.41, 5.74) is 2.07. The van der Waals surface area contributed by atoms with Gasteiger partial charge in [-0.2, -0.15) is 0 Å². The normalized spacial score (nSPS) is 17.1. The molecule has 1 aliphatic heterocycles. The Labute approximate surface area is 177 Å². The predicted octanol–water partition coefficient (Wildman–Crippen LogP) is 4.62. The van der Waals surface area contributed by atoms with Gasteiger partial charge in [0, 0.05) is 32.0 Å². The number of hydrogen-bond acceptors (Lipinski definition) is 6. The van der Waals surface area contributed by atoms with Gasteiger partial charge >= 0.3 is 0 Å². The van der Waals surface area contributed by atoms with E-state index in [0.717, 1.165) is 47.1 Å². The third-order valence-corrected chi connectivity index (χ3v) is 7.44. The van der Waals surface area contributed by atoms with E-state index in [0.29, 0.717) is 12.8 Å². The Balaban J connectivity index is 1.18. The number of hydrogen-bond donors (Lipinski definition) is 1. The Kier molecular flexibility index (Phi) is 5.16. The Morgan fingerprint density at radius 1 is 1.03 bits per heavy atom. The number of carbonyl (C=O) groups is 1. The molecular weight excluding hydrogens is 400 g/mol. The van der Waals surface area contributed by atoms with Gasteiger partial charge in [0.05, 0.1) is 25.4 Å². The van der Waals surface area contributed by atoms with Crippen molar-refractivity contribution in [1.29, 1.82) is 0 Å². The highest BCUT2D eigenvalue weighted by Gasteiger charge is 2.23. The number of amides is 1. The maximum atomic E-state index is 12.5. The van der Waals surface area contributed by atoms with Gasteiger partial charge < -0.3 is 10.2 Å². The highest BCUT2D eigenvalue weighted by Crippen LogP contribution is 2.30. The maximum Gasteiger partial charge on any atom is 0.220 e. The quantitative estimate of drug-likeness (QED) is 0.510. The Hall–Kier alpha value is -2.51. The first-order chi connectivity index (χ1) is 14.2. The van der Waals surface area contributed by atoms with Crippen LogP contribution in [-0.2, 0) is 11.2 Å². The molecule has 0 bridgehead atoms. The van der Waals surface area contributed by atoms with Gasteiger partial charge in [-0.3, -0.25) is 4.79 Å². The summed E-state index contributed by atoms with van der Waals surface area (Å²) in [6.07, 6.45) is 3.27. The van der Waals surface area contributed by atoms with Crippen molar-refractivity contribution in [3.05, 3.63) is 53.5 Å². The number of benzene rings is 2. The van der Waals surface area contributed by atoms with Crippen molar-refractivity contribution in [2.24, 2.45) is 0 Å². The van der Waals surface area contributed by atoms with Gasteiger partial charge in [-0.25, -0.2) is 9.97 Å². The van der Waals surface area contributed by atoms with Crippen LogP contribution in [0.2, 0.25) is 0 Å². The van der Waals surface area contributed by atoms with Gasteiger partial charge in [0.2, 0.25) is 5.91 Å². The molecule has 2 aromatic heterocycles. The first kappa shape index (κ1) is 18.5. The molecule has 1 amide bonds. The third-order valence-electron chi connectivity index (χ3n) is 5.24. The number of aromatic nitrogens is 2. The van der Waals surface area contributed by atoms with Crippen molar-refractivity contribution < 1.29 is 4.79 Å². The zero-order valence-corrected chi connectivity index (χ0v) is 17.6. The van der Waals surface area contributed by atoms with Gasteiger partial charge in [-0.15, -0.1) is 11.3 Å². The smallest absolute Gasteiger partial charge is 0.220 e. The molecule has 1 fully saturated rings. The van der Waals surface area contributed by atoms with Crippen LogP contribution in [0.25, 0.3) is 20.4 Å². The highest BCUT2D eigenvalue weighted by atomic mass is 32.1. The summed E-state index contributed by atoms with van der Waals surface area (Å²) in [6.45, 7) is 1.82. The fraction of sp³-hybridized carbons (Fsp3) is 0.318. The van der Waals surface area contributed by atoms with E-state index in [1.807, 2.05) is 24.3 Å². The monoisotopic (exact) mass is 422 g/mol. The van der Waals surface area contributed by atoms with Crippen LogP contribution in [0.4, 0.5) is 5.13 Å². The summed E-state index contributed by atoms with van der Waals surface area (Å²) >= 11 is 3.41. The van der Waals surface area contributed by atoms with Gasteiger partial charge in [-0.1, -0.05) is 35.6 Å². The molecule has 1 N–H and O–H groups in total. The van der Waals surface area contributed by atoms with Gasteiger partial charge in [0.1, 0.15) is 0 Å². The number of piperidine rings is 1. The van der Waals surface area contributed by atoms with Crippen molar-refractivity contribution >= 4 is 54.1 Å². The summed E-state index contributed by atoms with van der Waals surface area (Å²) in [5, 5.41) is 5.31. The number of anilines is 1. The molecule has 7 heteroatoms. The van der Waals surface area contributed by atoms with Gasteiger partial charge in [0.15, 0.2) is 5.13 Å². The number of thiazole rings is 2. The van der Waals surface area contributed by atoms with E-state index >= 15 is 0 Å². The lowest BCUT2D eigenvalue weighted by molar-refractivity contribution is -0.121. The minimum absolute atomic E-state index is 0.111. The molecule has 2 aromatic carbocycles. The Morgan fingerprint density at radius 2 is 1.76 bits per heavy atom. The predicted molar refractivity (Wildman–Crippen MR) is 121 cm³/mol. The van der Waals surface area contributed by atoms with Crippen LogP contribution >= 0.6 is 22.7 Å². The number of carbonyl (C=O) groups excluding carboxylic acids is 1. The van der Waals surface area contributed by atoms with E-state index in [1.165, 1.54) is 9.40 Å². The molecule has 0 spiro atoms. The maximum absolute atomic E-state index is 12.5. The van der Waals surface area contributed by atoms with Crippen molar-refractivity contribution in [3.63, 3.8) is 0 Å². The van der Waals surface area contributed by atoms with E-state index in [1.54, 1.807) is 22.7 Å². The third kappa shape index (κ3) is 4.11. The SMILES string of the molecule is O=C(CCc1nc2ccccc2s1)N[C@H]1CCCN(c2nc3ccccc3s2)C1. The van der Waals surface area contributed by atoms with E-state index < -0.39 is 0 Å². The molecule has 1 aliphatic rings. The topological polar surface area (TPSA) is 58.1 Å². The summed E-state index contributed by atoms with van der Waals surface area (Å²) in [5.74, 6) is 0.111. The molecular formula is C22H22N4OS2. The number of fused-ring (bicyclic) bond motifs is 2. The van der Waals surface area contributed by atoms with Crippen molar-refractivity contribution in [2.45, 2.75) is 31.7 Å². The van der Waals surface area contributed by atoms with Crippen LogP contribution < -0.4 is 10.2 Å². The molecule has 3 heterocycles. The Bertz CT molecular complexity index is 1090. The molecule has 0 radical (unpaired) electrons. The molecule has 148 valence electrons. The molecule has 5 nitrogen and oxygen atoms in total. The minimum Gasteiger partial charge on any atom is -0.352 e. The number of rotatable bonds is 5. The number of aryl methyl sites for hydroxylation is 1. The fourth-order valence-corrected chi connectivity index (χ4v) is 5.78. The van der Waals surface area contributed by atoms with Crippen molar-refractivity contribution in [3.8, 4) is 0 Å². The number of nitrogens with zero attached hydrogens (tertiary/aromatic N) is 3. The lowest BCUT2D eigenvalue weighted by Gasteiger charge is -2.32. The summed E-state index contributed by atoms with van der Waals surface area (Å²) in [4.78, 5) is 24.2. The van der Waals surface area contributed by atoms with Crippen LogP contribution in [0.5, 0.6) is 0 Å². The van der Waals surface area contributed by atoms with Gasteiger partial charge in [0.25, 0.3) is 0 Å². The van der Waals surface area contributed by atoms with Crippen molar-refractivity contribution in [1.82, 2.24) is 15.3 Å². The van der Waals surface area contributed by atoms with Crippen LogP contribution in [0.3, 0.4) is 0 Å². The molecule has 0 saturated carbocycles. The Morgan fingerprint density at radius 3 is 2.52 bits per heavy atom. The molecule has 29 heavy (non-hydrogen) atoms. The second kappa shape index (κ2) is 8.08. The summed E-state index contributed by atoms with van der Waals surface area (Å²) in [6, 6.07) is 16.5. The van der Waals surface area contributed by atoms with Crippen LogP contribution in [-0.4, -0.2) is 35.0 Å². The lowest BCUT2D eigenvalue weighted by Crippen LogP contribution is -2.47. The van der Waals surface area contributed by atoms with E-state index in [4.69, 9.17) is 4.98 Å². The second-order valence-electron chi connectivity index (χ2n) is 7.39. The molecule has 4 aromatic rings. The zero-order chi connectivity index (χ0) is 19.6. The van der Waals surface area contributed by atoms with E-state index in [2.05, 4.69) is 39.5 Å². The van der Waals surface area contributed by atoms with E-state index in [9.17, 15) is 4.79 Å². The average molecular weight is 423 g/mol. The number of nitrogens with one attached hydrogen (secondary N) is 1. The largest absolute Gasteiger partial charge is 0.352 e. The van der Waals surface area contributed by atoms with Crippen LogP contribution in [0.15, 0.2) is 48.5 Å². The van der Waals surface area contributed by atoms with Crippen molar-refractivity contribution in [2.75, 3.05) is 18.0 Å². The zero-order valence-electron chi connectivity index (χ0n) is 16.0. The van der Waals surface area contributed by atoms with Crippen LogP contribution in [0.1, 0.15) is 24.3 Å². The fourth-order valence-electron chi connectivity index (χ4n) is 3.81. The second-order valence-corrected chi connectivity index (χ2v) is 9.52. The molecule has 1 atom stereocenters. The molecule has 1 saturated heterocycles. The summed E-state index contributed by atoms with van der Waals surface area (Å²) in [7, 11) is 0. The van der Waals surface area contributed by atoms with Crippen LogP contribution in [0, 0.1) is 0 Å². The molecule has 0 aliphatic carbocycles. The summed E-state index contributed by atoms with van der Waals surface area (Å²) < 4.78 is 2.39. The molecule has 5 rings (SSSR count). The average Bonchev–Trinajstić information content (AvgIpc) is 3.36. The molecule has 0 unspecified atom stereocenters. The number of para-hydroxylation sites is 2. The first-order valence-corrected chi connectivity index (χ1v) is 11.6. The minimum atomic E-state index is 0.111. The highest BCUT2D eigenvalue weighted by molar-refractivity contribution is 7.22. The van der Waals surface area contributed by atoms with E-state index in [-0.39, 0.29) is 11.9 Å². The lowest BCUT2D eigenvalue weighted by atomic mass is 10.1. The van der Waals surface area contributed by atoms with Gasteiger partial charge in [-0.05, 0) is 37.1 Å². The first-order valence-electron chi connectivity index (χ1n) is 9.99.